The molecule has 5 heteroatoms. The molecule has 0 bridgehead atoms. The first-order valence-corrected chi connectivity index (χ1v) is 4.91. The zero-order valence-electron chi connectivity index (χ0n) is 8.16. The highest BCUT2D eigenvalue weighted by molar-refractivity contribution is 5.94. The zero-order chi connectivity index (χ0) is 10.7. The largest absolute Gasteiger partial charge is 0.309 e. The Bertz CT molecular complexity index is 346. The molecule has 1 atom stereocenters. The lowest BCUT2D eigenvalue weighted by Gasteiger charge is -2.09. The minimum Gasteiger partial charge on any atom is -0.309 e. The minimum atomic E-state index is -0.410. The van der Waals surface area contributed by atoms with Gasteiger partial charge in [-0.1, -0.05) is 0 Å². The normalized spacial score (nSPS) is 20.2. The highest BCUT2D eigenvalue weighted by Crippen LogP contribution is 2.09. The molecule has 0 radical (unpaired) electrons. The van der Waals surface area contributed by atoms with Crippen LogP contribution in [-0.2, 0) is 4.79 Å². The van der Waals surface area contributed by atoms with Crippen LogP contribution in [0.15, 0.2) is 18.3 Å². The summed E-state index contributed by atoms with van der Waals surface area (Å²) in [4.78, 5) is 15.3. The van der Waals surface area contributed by atoms with Crippen LogP contribution in [0.1, 0.15) is 12.8 Å². The number of nitrogens with zero attached hydrogens (tertiary/aromatic N) is 1. The van der Waals surface area contributed by atoms with Gasteiger partial charge in [-0.25, -0.2) is 9.37 Å². The maximum Gasteiger partial charge on any atom is 0.242 e. The van der Waals surface area contributed by atoms with Crippen LogP contribution in [0.5, 0.6) is 0 Å². The van der Waals surface area contributed by atoms with Crippen molar-refractivity contribution < 1.29 is 9.18 Å². The molecule has 1 unspecified atom stereocenters. The van der Waals surface area contributed by atoms with Crippen molar-refractivity contribution in [1.82, 2.24) is 10.3 Å². The Morgan fingerprint density at radius 2 is 2.47 bits per heavy atom. The van der Waals surface area contributed by atoms with Crippen LogP contribution in [0.2, 0.25) is 0 Å². The van der Waals surface area contributed by atoms with Gasteiger partial charge < -0.3 is 10.6 Å². The molecule has 2 N–H and O–H groups in total. The number of nitrogens with one attached hydrogen (secondary N) is 2. The quantitative estimate of drug-likeness (QED) is 0.761. The third kappa shape index (κ3) is 2.50. The molecule has 0 spiro atoms. The first-order chi connectivity index (χ1) is 7.25. The Morgan fingerprint density at radius 1 is 1.60 bits per heavy atom. The van der Waals surface area contributed by atoms with Gasteiger partial charge in [-0.3, -0.25) is 4.79 Å². The lowest BCUT2D eigenvalue weighted by Crippen LogP contribution is -2.35. The van der Waals surface area contributed by atoms with Crippen LogP contribution in [0.25, 0.3) is 0 Å². The van der Waals surface area contributed by atoms with Crippen LogP contribution in [0.4, 0.5) is 10.2 Å². The summed E-state index contributed by atoms with van der Waals surface area (Å²) in [6.07, 6.45) is 2.93. The fraction of sp³-hybridized carbons (Fsp3) is 0.400. The number of hydrogen-bond donors (Lipinski definition) is 2. The lowest BCUT2D eigenvalue weighted by molar-refractivity contribution is -0.117. The predicted octanol–water partition coefficient (Wildman–Crippen LogP) is 0.911. The number of rotatable bonds is 2. The van der Waals surface area contributed by atoms with E-state index in [1.165, 1.54) is 12.1 Å². The van der Waals surface area contributed by atoms with Gasteiger partial charge in [0.2, 0.25) is 5.91 Å². The highest BCUT2D eigenvalue weighted by atomic mass is 19.1. The third-order valence-corrected chi connectivity index (χ3v) is 2.36. The summed E-state index contributed by atoms with van der Waals surface area (Å²) >= 11 is 0. The number of anilines is 1. The maximum atomic E-state index is 12.5. The second kappa shape index (κ2) is 4.35. The molecule has 2 heterocycles. The topological polar surface area (TPSA) is 54.0 Å². The Kier molecular flexibility index (Phi) is 2.91. The third-order valence-electron chi connectivity index (χ3n) is 2.36. The fourth-order valence-corrected chi connectivity index (χ4v) is 1.57. The van der Waals surface area contributed by atoms with Gasteiger partial charge in [-0.15, -0.1) is 0 Å². The second-order valence-electron chi connectivity index (χ2n) is 3.50. The van der Waals surface area contributed by atoms with Crippen molar-refractivity contribution in [2.45, 2.75) is 18.9 Å². The van der Waals surface area contributed by atoms with Crippen molar-refractivity contribution in [1.29, 1.82) is 0 Å². The molecule has 1 saturated heterocycles. The molecule has 0 saturated carbocycles. The molecular formula is C10H12FN3O. The van der Waals surface area contributed by atoms with Crippen LogP contribution >= 0.6 is 0 Å². The molecule has 0 aliphatic carbocycles. The number of pyridine rings is 1. The first kappa shape index (κ1) is 10.0. The smallest absolute Gasteiger partial charge is 0.242 e. The molecule has 1 amide bonds. The summed E-state index contributed by atoms with van der Waals surface area (Å²) in [6.45, 7) is 0.870. The van der Waals surface area contributed by atoms with E-state index in [-0.39, 0.29) is 11.9 Å². The summed E-state index contributed by atoms with van der Waals surface area (Å²) in [5.74, 6) is -0.131. The van der Waals surface area contributed by atoms with Gasteiger partial charge in [-0.05, 0) is 31.5 Å². The standard InChI is InChI=1S/C10H12FN3O/c11-7-3-4-9(13-6-7)14-10(15)8-2-1-5-12-8/h3-4,6,8,12H,1-2,5H2,(H,13,14,15). The van der Waals surface area contributed by atoms with Crippen molar-refractivity contribution >= 4 is 11.7 Å². The van der Waals surface area contributed by atoms with Crippen molar-refractivity contribution in [3.63, 3.8) is 0 Å². The number of aromatic nitrogens is 1. The van der Waals surface area contributed by atoms with E-state index in [4.69, 9.17) is 0 Å². The van der Waals surface area contributed by atoms with Gasteiger partial charge in [0, 0.05) is 0 Å². The summed E-state index contributed by atoms with van der Waals surface area (Å²) in [5.41, 5.74) is 0. The summed E-state index contributed by atoms with van der Waals surface area (Å²) in [5, 5.41) is 5.71. The van der Waals surface area contributed by atoms with Gasteiger partial charge in [-0.2, -0.15) is 0 Å². The molecule has 1 aromatic heterocycles. The van der Waals surface area contributed by atoms with Gasteiger partial charge in [0.05, 0.1) is 12.2 Å². The summed E-state index contributed by atoms with van der Waals surface area (Å²) in [6, 6.07) is 2.57. The first-order valence-electron chi connectivity index (χ1n) is 4.91. The SMILES string of the molecule is O=C(Nc1ccc(F)cn1)C1CCCN1. The van der Waals surface area contributed by atoms with E-state index in [0.717, 1.165) is 25.6 Å². The molecule has 0 aromatic carbocycles. The summed E-state index contributed by atoms with van der Waals surface area (Å²) < 4.78 is 12.5. The van der Waals surface area contributed by atoms with E-state index >= 15 is 0 Å². The van der Waals surface area contributed by atoms with Crippen LogP contribution in [-0.4, -0.2) is 23.5 Å². The van der Waals surface area contributed by atoms with Crippen LogP contribution in [0.3, 0.4) is 0 Å². The Hall–Kier alpha value is -1.49. The number of carbonyl (C=O) groups excluding carboxylic acids is 1. The Balaban J connectivity index is 1.96. The molecule has 2 rings (SSSR count). The molecule has 4 nitrogen and oxygen atoms in total. The van der Waals surface area contributed by atoms with E-state index in [9.17, 15) is 9.18 Å². The predicted molar refractivity (Wildman–Crippen MR) is 53.8 cm³/mol. The van der Waals surface area contributed by atoms with Crippen molar-refractivity contribution in [3.8, 4) is 0 Å². The molecule has 1 fully saturated rings. The molecular weight excluding hydrogens is 197 g/mol. The van der Waals surface area contributed by atoms with E-state index in [1.807, 2.05) is 0 Å². The monoisotopic (exact) mass is 209 g/mol. The number of halogens is 1. The second-order valence-corrected chi connectivity index (χ2v) is 3.50. The molecule has 1 aliphatic rings. The van der Waals surface area contributed by atoms with Crippen LogP contribution < -0.4 is 10.6 Å². The Morgan fingerprint density at radius 3 is 3.07 bits per heavy atom. The average molecular weight is 209 g/mol. The van der Waals surface area contributed by atoms with E-state index in [1.54, 1.807) is 0 Å². The maximum absolute atomic E-state index is 12.5. The number of carbonyl (C=O) groups is 1. The Labute approximate surface area is 86.9 Å². The van der Waals surface area contributed by atoms with E-state index in [2.05, 4.69) is 15.6 Å². The van der Waals surface area contributed by atoms with Crippen LogP contribution in [0, 0.1) is 5.82 Å². The van der Waals surface area contributed by atoms with E-state index < -0.39 is 5.82 Å². The number of hydrogen-bond acceptors (Lipinski definition) is 3. The fourth-order valence-electron chi connectivity index (χ4n) is 1.57. The molecule has 15 heavy (non-hydrogen) atoms. The molecule has 1 aromatic rings. The zero-order valence-corrected chi connectivity index (χ0v) is 8.16. The van der Waals surface area contributed by atoms with Gasteiger partial charge in [0.1, 0.15) is 11.6 Å². The average Bonchev–Trinajstić information content (AvgIpc) is 2.74. The van der Waals surface area contributed by atoms with Crippen molar-refractivity contribution in [2.75, 3.05) is 11.9 Å². The van der Waals surface area contributed by atoms with Gasteiger partial charge >= 0.3 is 0 Å². The minimum absolute atomic E-state index is 0.105. The van der Waals surface area contributed by atoms with Gasteiger partial charge in [0.15, 0.2) is 0 Å². The van der Waals surface area contributed by atoms with E-state index in [0.29, 0.717) is 5.82 Å². The number of amides is 1. The van der Waals surface area contributed by atoms with Gasteiger partial charge in [0.25, 0.3) is 0 Å². The highest BCUT2D eigenvalue weighted by Gasteiger charge is 2.21. The summed E-state index contributed by atoms with van der Waals surface area (Å²) in [7, 11) is 0. The molecule has 1 aliphatic heterocycles. The lowest BCUT2D eigenvalue weighted by atomic mass is 10.2. The van der Waals surface area contributed by atoms with Crippen molar-refractivity contribution in [3.05, 3.63) is 24.1 Å². The molecule has 80 valence electrons. The van der Waals surface area contributed by atoms with Crippen molar-refractivity contribution in [2.24, 2.45) is 0 Å².